The maximum absolute atomic E-state index is 11.1. The molecule has 0 bridgehead atoms. The van der Waals surface area contributed by atoms with Crippen LogP contribution in [0.1, 0.15) is 34.2 Å². The number of hydrogen-bond donors (Lipinski definition) is 2. The second kappa shape index (κ2) is 3.99. The lowest BCUT2D eigenvalue weighted by atomic mass is 9.88. The van der Waals surface area contributed by atoms with E-state index in [2.05, 4.69) is 6.92 Å². The number of carboxylic acids is 1. The minimum Gasteiger partial charge on any atom is -0.476 e. The highest BCUT2D eigenvalue weighted by Gasteiger charge is 2.43. The van der Waals surface area contributed by atoms with E-state index in [1.54, 1.807) is 0 Å². The van der Waals surface area contributed by atoms with Crippen LogP contribution >= 0.6 is 0 Å². The van der Waals surface area contributed by atoms with Gasteiger partial charge in [-0.05, 0) is 61.9 Å². The number of carboxylic acid groups (broad SMARTS) is 1. The van der Waals surface area contributed by atoms with E-state index in [0.29, 0.717) is 12.2 Å². The summed E-state index contributed by atoms with van der Waals surface area (Å²) in [5, 5.41) is 19.0. The highest BCUT2D eigenvalue weighted by molar-refractivity contribution is 5.76. The molecule has 0 saturated heterocycles. The molecule has 0 aromatic heterocycles. The number of carbonyl (C=O) groups is 1. The Kier molecular flexibility index (Phi) is 2.86. The lowest BCUT2D eigenvalue weighted by Gasteiger charge is -2.33. The Morgan fingerprint density at radius 1 is 1.11 bits per heavy atom. The molecule has 1 aliphatic rings. The predicted molar refractivity (Wildman–Crippen MR) is 66.9 cm³/mol. The first kappa shape index (κ1) is 12.9. The van der Waals surface area contributed by atoms with Crippen molar-refractivity contribution < 1.29 is 19.7 Å². The van der Waals surface area contributed by atoms with Crippen molar-refractivity contribution in [1.82, 2.24) is 0 Å². The molecule has 4 nitrogen and oxygen atoms in total. The number of ether oxygens (including phenoxy) is 1. The second-order valence-corrected chi connectivity index (χ2v) is 5.00. The first-order valence-corrected chi connectivity index (χ1v) is 6.02. The SMILES string of the molecule is Cc1c(C)c(C)c2c(c1C)CCC(O)(C(=O)O)O2. The van der Waals surface area contributed by atoms with Gasteiger partial charge in [0.1, 0.15) is 5.75 Å². The number of hydrogen-bond acceptors (Lipinski definition) is 3. The van der Waals surface area contributed by atoms with Crippen molar-refractivity contribution in [3.63, 3.8) is 0 Å². The van der Waals surface area contributed by atoms with Crippen LogP contribution in [0.2, 0.25) is 0 Å². The Morgan fingerprint density at radius 3 is 2.22 bits per heavy atom. The van der Waals surface area contributed by atoms with Gasteiger partial charge in [0.05, 0.1) is 0 Å². The third kappa shape index (κ3) is 1.68. The van der Waals surface area contributed by atoms with Crippen molar-refractivity contribution in [1.29, 1.82) is 0 Å². The molecule has 1 heterocycles. The summed E-state index contributed by atoms with van der Waals surface area (Å²) in [6, 6.07) is 0. The Morgan fingerprint density at radius 2 is 1.67 bits per heavy atom. The predicted octanol–water partition coefficient (Wildman–Crippen LogP) is 2.02. The molecule has 18 heavy (non-hydrogen) atoms. The lowest BCUT2D eigenvalue weighted by molar-refractivity contribution is -0.198. The molecule has 1 atom stereocenters. The van der Waals surface area contributed by atoms with Crippen LogP contribution in [0.5, 0.6) is 5.75 Å². The average molecular weight is 250 g/mol. The molecule has 1 unspecified atom stereocenters. The quantitative estimate of drug-likeness (QED) is 0.800. The van der Waals surface area contributed by atoms with Gasteiger partial charge in [-0.15, -0.1) is 0 Å². The summed E-state index contributed by atoms with van der Waals surface area (Å²) < 4.78 is 5.38. The maximum Gasteiger partial charge on any atom is 0.377 e. The van der Waals surface area contributed by atoms with Crippen LogP contribution in [0, 0.1) is 27.7 Å². The lowest BCUT2D eigenvalue weighted by Crippen LogP contribution is -2.47. The summed E-state index contributed by atoms with van der Waals surface area (Å²) in [4.78, 5) is 11.1. The normalized spacial score (nSPS) is 22.3. The average Bonchev–Trinajstić information content (AvgIpc) is 2.33. The van der Waals surface area contributed by atoms with Crippen LogP contribution < -0.4 is 4.74 Å². The largest absolute Gasteiger partial charge is 0.476 e. The molecule has 0 aliphatic carbocycles. The maximum atomic E-state index is 11.1. The topological polar surface area (TPSA) is 66.8 Å². The first-order valence-electron chi connectivity index (χ1n) is 6.02. The molecular weight excluding hydrogens is 232 g/mol. The van der Waals surface area contributed by atoms with Gasteiger partial charge in [-0.25, -0.2) is 4.79 Å². The van der Waals surface area contributed by atoms with Gasteiger partial charge in [0.15, 0.2) is 0 Å². The van der Waals surface area contributed by atoms with E-state index >= 15 is 0 Å². The van der Waals surface area contributed by atoms with E-state index in [9.17, 15) is 9.90 Å². The van der Waals surface area contributed by atoms with E-state index in [4.69, 9.17) is 9.84 Å². The molecule has 98 valence electrons. The van der Waals surface area contributed by atoms with E-state index < -0.39 is 11.8 Å². The molecular formula is C14H18O4. The first-order chi connectivity index (χ1) is 8.28. The van der Waals surface area contributed by atoms with E-state index in [-0.39, 0.29) is 6.42 Å². The molecule has 0 spiro atoms. The van der Waals surface area contributed by atoms with Gasteiger partial charge in [0, 0.05) is 6.42 Å². The molecule has 0 radical (unpaired) electrons. The van der Waals surface area contributed by atoms with Crippen LogP contribution in [0.3, 0.4) is 0 Å². The van der Waals surface area contributed by atoms with Gasteiger partial charge in [-0.3, -0.25) is 0 Å². The van der Waals surface area contributed by atoms with Crippen molar-refractivity contribution in [2.75, 3.05) is 0 Å². The van der Waals surface area contributed by atoms with E-state index in [0.717, 1.165) is 22.3 Å². The van der Waals surface area contributed by atoms with Crippen LogP contribution in [0.25, 0.3) is 0 Å². The van der Waals surface area contributed by atoms with Crippen LogP contribution in [0.4, 0.5) is 0 Å². The monoisotopic (exact) mass is 250 g/mol. The van der Waals surface area contributed by atoms with Gasteiger partial charge in [-0.1, -0.05) is 0 Å². The minimum absolute atomic E-state index is 0.0815. The zero-order valence-electron chi connectivity index (χ0n) is 11.1. The number of aliphatic hydroxyl groups is 1. The number of fused-ring (bicyclic) bond motifs is 1. The number of rotatable bonds is 1. The van der Waals surface area contributed by atoms with Gasteiger partial charge in [0.25, 0.3) is 0 Å². The molecule has 0 amide bonds. The summed E-state index contributed by atoms with van der Waals surface area (Å²) in [6.45, 7) is 7.94. The fraction of sp³-hybridized carbons (Fsp3) is 0.500. The summed E-state index contributed by atoms with van der Waals surface area (Å²) in [7, 11) is 0. The highest BCUT2D eigenvalue weighted by atomic mass is 16.6. The Hall–Kier alpha value is -1.55. The van der Waals surface area contributed by atoms with Crippen molar-refractivity contribution in [3.05, 3.63) is 27.8 Å². The summed E-state index contributed by atoms with van der Waals surface area (Å²) in [5.41, 5.74) is 5.34. The highest BCUT2D eigenvalue weighted by Crippen LogP contribution is 2.40. The molecule has 2 rings (SSSR count). The standard InChI is InChI=1S/C14H18O4/c1-7-8(2)10(4)12-11(9(7)3)5-6-14(17,18-12)13(15)16/h17H,5-6H2,1-4H3,(H,15,16). The van der Waals surface area contributed by atoms with Gasteiger partial charge in [-0.2, -0.15) is 0 Å². The Bertz CT molecular complexity index is 533. The van der Waals surface area contributed by atoms with Gasteiger partial charge >= 0.3 is 11.8 Å². The Balaban J connectivity index is 2.61. The minimum atomic E-state index is -2.09. The van der Waals surface area contributed by atoms with Crippen molar-refractivity contribution in [2.24, 2.45) is 0 Å². The number of benzene rings is 1. The zero-order chi connectivity index (χ0) is 13.7. The molecule has 1 aliphatic heterocycles. The van der Waals surface area contributed by atoms with Crippen molar-refractivity contribution in [3.8, 4) is 5.75 Å². The second-order valence-electron chi connectivity index (χ2n) is 5.00. The zero-order valence-corrected chi connectivity index (χ0v) is 11.1. The fourth-order valence-corrected chi connectivity index (χ4v) is 2.46. The molecule has 0 fully saturated rings. The Labute approximate surface area is 106 Å². The molecule has 2 N–H and O–H groups in total. The van der Waals surface area contributed by atoms with Crippen molar-refractivity contribution in [2.45, 2.75) is 46.3 Å². The van der Waals surface area contributed by atoms with Crippen LogP contribution in [-0.2, 0) is 11.2 Å². The van der Waals surface area contributed by atoms with Crippen LogP contribution in [-0.4, -0.2) is 22.0 Å². The summed E-state index contributed by atoms with van der Waals surface area (Å²) in [5.74, 6) is -2.89. The van der Waals surface area contributed by atoms with Gasteiger partial charge < -0.3 is 14.9 Å². The van der Waals surface area contributed by atoms with Crippen LogP contribution in [0.15, 0.2) is 0 Å². The smallest absolute Gasteiger partial charge is 0.377 e. The molecule has 1 aromatic carbocycles. The molecule has 1 aromatic rings. The fourth-order valence-electron chi connectivity index (χ4n) is 2.46. The van der Waals surface area contributed by atoms with Gasteiger partial charge in [0.2, 0.25) is 0 Å². The third-order valence-corrected chi connectivity index (χ3v) is 4.07. The van der Waals surface area contributed by atoms with Crippen molar-refractivity contribution >= 4 is 5.97 Å². The summed E-state index contributed by atoms with van der Waals surface area (Å²) in [6.07, 6.45) is 0.601. The van der Waals surface area contributed by atoms with E-state index in [1.807, 2.05) is 20.8 Å². The molecule has 0 saturated carbocycles. The summed E-state index contributed by atoms with van der Waals surface area (Å²) >= 11 is 0. The third-order valence-electron chi connectivity index (χ3n) is 4.07. The number of aliphatic carboxylic acids is 1. The molecule has 4 heteroatoms. The van der Waals surface area contributed by atoms with E-state index in [1.165, 1.54) is 5.56 Å².